The molecule has 0 unspecified atom stereocenters. The number of nitrogens with zero attached hydrogens (tertiary/aromatic N) is 2. The zero-order chi connectivity index (χ0) is 22.0. The van der Waals surface area contributed by atoms with Crippen molar-refractivity contribution in [3.8, 4) is 0 Å². The smallest absolute Gasteiger partial charge is 0.322 e. The molecule has 0 radical (unpaired) electrons. The van der Waals surface area contributed by atoms with Crippen LogP contribution >= 0.6 is 0 Å². The highest BCUT2D eigenvalue weighted by Gasteiger charge is 2.35. The van der Waals surface area contributed by atoms with Gasteiger partial charge >= 0.3 is 6.03 Å². The van der Waals surface area contributed by atoms with Crippen LogP contribution < -0.4 is 10.6 Å². The van der Waals surface area contributed by atoms with Crippen LogP contribution in [0.4, 0.5) is 23.7 Å². The van der Waals surface area contributed by atoms with Crippen LogP contribution in [0.25, 0.3) is 0 Å². The Bertz CT molecular complexity index is 967. The average molecular weight is 420 g/mol. The van der Waals surface area contributed by atoms with Gasteiger partial charge in [-0.1, -0.05) is 19.9 Å². The Kier molecular flexibility index (Phi) is 6.28. The van der Waals surface area contributed by atoms with E-state index in [-0.39, 0.29) is 18.0 Å². The topological polar surface area (TPSA) is 74.3 Å². The van der Waals surface area contributed by atoms with Gasteiger partial charge in [-0.05, 0) is 37.5 Å². The lowest BCUT2D eigenvalue weighted by Gasteiger charge is -2.35. The van der Waals surface area contributed by atoms with Crippen LogP contribution in [0.15, 0.2) is 30.3 Å². The molecule has 2 atom stereocenters. The van der Waals surface area contributed by atoms with Gasteiger partial charge in [-0.25, -0.2) is 18.6 Å². The number of urea groups is 1. The summed E-state index contributed by atoms with van der Waals surface area (Å²) < 4.78 is 40.8. The molecule has 1 aromatic carbocycles. The number of anilines is 1. The highest BCUT2D eigenvalue weighted by molar-refractivity contribution is 5.95. The second-order valence-corrected chi connectivity index (χ2v) is 7.73. The van der Waals surface area contributed by atoms with Crippen molar-refractivity contribution in [3.63, 3.8) is 0 Å². The lowest BCUT2D eigenvalue weighted by molar-refractivity contribution is -0.126. The summed E-state index contributed by atoms with van der Waals surface area (Å²) in [6, 6.07) is 3.56. The molecule has 0 saturated heterocycles. The Balaban J connectivity index is 1.83. The number of fused-ring (bicyclic) bond motifs is 1. The Morgan fingerprint density at radius 2 is 1.93 bits per heavy atom. The third kappa shape index (κ3) is 4.72. The van der Waals surface area contributed by atoms with Gasteiger partial charge in [0.2, 0.25) is 11.9 Å². The van der Waals surface area contributed by atoms with Crippen LogP contribution in [0, 0.1) is 23.5 Å². The molecule has 1 aliphatic rings. The van der Waals surface area contributed by atoms with Crippen LogP contribution in [0.3, 0.4) is 0 Å². The molecular weight excluding hydrogens is 397 g/mol. The number of benzene rings is 1. The van der Waals surface area contributed by atoms with Gasteiger partial charge in [-0.2, -0.15) is 4.39 Å². The summed E-state index contributed by atoms with van der Waals surface area (Å²) in [6.45, 7) is 5.33. The predicted octanol–water partition coefficient (Wildman–Crippen LogP) is 4.14. The van der Waals surface area contributed by atoms with E-state index in [9.17, 15) is 22.8 Å². The second kappa shape index (κ2) is 8.73. The molecule has 2 N–H and O–H groups in total. The molecule has 30 heavy (non-hydrogen) atoms. The Hall–Kier alpha value is -3.10. The first-order valence-electron chi connectivity index (χ1n) is 9.64. The molecule has 3 amide bonds. The number of aromatic nitrogens is 1. The van der Waals surface area contributed by atoms with E-state index in [1.165, 1.54) is 17.0 Å². The molecular formula is C21H23F3N4O2. The van der Waals surface area contributed by atoms with Crippen LogP contribution in [-0.2, 0) is 11.3 Å². The fourth-order valence-electron chi connectivity index (χ4n) is 3.44. The molecule has 0 fully saturated rings. The van der Waals surface area contributed by atoms with Crippen molar-refractivity contribution in [3.05, 3.63) is 59.2 Å². The number of hydrogen-bond donors (Lipinski definition) is 2. The predicted molar refractivity (Wildman–Crippen MR) is 105 cm³/mol. The molecule has 0 spiro atoms. The molecule has 9 heteroatoms. The van der Waals surface area contributed by atoms with Gasteiger partial charge in [0.05, 0.1) is 24.0 Å². The van der Waals surface area contributed by atoms with E-state index in [2.05, 4.69) is 15.6 Å². The first-order valence-corrected chi connectivity index (χ1v) is 9.64. The van der Waals surface area contributed by atoms with E-state index >= 15 is 0 Å². The lowest BCUT2D eigenvalue weighted by Crippen LogP contribution is -2.53. The summed E-state index contributed by atoms with van der Waals surface area (Å²) in [7, 11) is 0. The third-order valence-corrected chi connectivity index (χ3v) is 4.92. The minimum atomic E-state index is -0.880. The van der Waals surface area contributed by atoms with Crippen LogP contribution in [0.5, 0.6) is 0 Å². The van der Waals surface area contributed by atoms with Crippen LogP contribution in [0.2, 0.25) is 0 Å². The molecule has 1 aliphatic heterocycles. The molecule has 0 bridgehead atoms. The van der Waals surface area contributed by atoms with Crippen LogP contribution in [0.1, 0.15) is 44.5 Å². The quantitative estimate of drug-likeness (QED) is 0.690. The Morgan fingerprint density at radius 1 is 1.20 bits per heavy atom. The number of nitrogens with one attached hydrogen (secondary N) is 2. The fourth-order valence-corrected chi connectivity index (χ4v) is 3.44. The minimum absolute atomic E-state index is 0.0387. The molecule has 2 aromatic rings. The molecule has 0 aliphatic carbocycles. The van der Waals surface area contributed by atoms with Crippen molar-refractivity contribution < 1.29 is 22.8 Å². The SMILES string of the molecule is CC(C)C[C@@H](C(=O)N[C@@H](C)c1ccc(F)cc1F)N1Cc2nc(F)ccc2NC1=O. The van der Waals surface area contributed by atoms with Gasteiger partial charge in [-0.3, -0.25) is 4.79 Å². The molecule has 160 valence electrons. The monoisotopic (exact) mass is 420 g/mol. The summed E-state index contributed by atoms with van der Waals surface area (Å²) in [4.78, 5) is 30.8. The van der Waals surface area contributed by atoms with E-state index in [0.717, 1.165) is 18.2 Å². The highest BCUT2D eigenvalue weighted by Crippen LogP contribution is 2.26. The number of halogens is 3. The highest BCUT2D eigenvalue weighted by atomic mass is 19.1. The van der Waals surface area contributed by atoms with E-state index in [1.807, 2.05) is 13.8 Å². The number of pyridine rings is 1. The Labute approximate surface area is 172 Å². The summed E-state index contributed by atoms with van der Waals surface area (Å²) in [6.07, 6.45) is 0.336. The van der Waals surface area contributed by atoms with Gasteiger partial charge in [0.15, 0.2) is 0 Å². The zero-order valence-corrected chi connectivity index (χ0v) is 16.9. The van der Waals surface area contributed by atoms with Crippen molar-refractivity contribution in [1.29, 1.82) is 0 Å². The van der Waals surface area contributed by atoms with E-state index in [4.69, 9.17) is 0 Å². The van der Waals surface area contributed by atoms with Crippen molar-refractivity contribution in [1.82, 2.24) is 15.2 Å². The summed E-state index contributed by atoms with van der Waals surface area (Å²) in [5, 5.41) is 5.32. The molecule has 3 rings (SSSR count). The third-order valence-electron chi connectivity index (χ3n) is 4.92. The van der Waals surface area contributed by atoms with Gasteiger partial charge in [0, 0.05) is 11.6 Å². The minimum Gasteiger partial charge on any atom is -0.348 e. The summed E-state index contributed by atoms with van der Waals surface area (Å²) in [5.41, 5.74) is 0.835. The maximum atomic E-state index is 14.1. The number of hydrogen-bond acceptors (Lipinski definition) is 3. The summed E-state index contributed by atoms with van der Waals surface area (Å²) in [5.74, 6) is -2.60. The first kappa shape index (κ1) is 21.6. The summed E-state index contributed by atoms with van der Waals surface area (Å²) >= 11 is 0. The first-order chi connectivity index (χ1) is 14.2. The maximum absolute atomic E-state index is 14.1. The van der Waals surface area contributed by atoms with E-state index in [0.29, 0.717) is 17.8 Å². The number of rotatable bonds is 6. The lowest BCUT2D eigenvalue weighted by atomic mass is 9.99. The molecule has 6 nitrogen and oxygen atoms in total. The number of amides is 3. The molecule has 1 aromatic heterocycles. The average Bonchev–Trinajstić information content (AvgIpc) is 2.65. The maximum Gasteiger partial charge on any atom is 0.322 e. The van der Waals surface area contributed by atoms with E-state index in [1.54, 1.807) is 6.92 Å². The van der Waals surface area contributed by atoms with Gasteiger partial charge < -0.3 is 15.5 Å². The zero-order valence-electron chi connectivity index (χ0n) is 16.9. The fraction of sp³-hybridized carbons (Fsp3) is 0.381. The van der Waals surface area contributed by atoms with Gasteiger partial charge in [0.25, 0.3) is 0 Å². The van der Waals surface area contributed by atoms with Crippen molar-refractivity contribution >= 4 is 17.6 Å². The largest absolute Gasteiger partial charge is 0.348 e. The van der Waals surface area contributed by atoms with E-state index < -0.39 is 41.6 Å². The molecule has 0 saturated carbocycles. The second-order valence-electron chi connectivity index (χ2n) is 7.73. The van der Waals surface area contributed by atoms with Gasteiger partial charge in [-0.15, -0.1) is 0 Å². The normalized spacial score (nSPS) is 15.4. The Morgan fingerprint density at radius 3 is 2.60 bits per heavy atom. The number of carbonyl (C=O) groups excluding carboxylic acids is 2. The van der Waals surface area contributed by atoms with Crippen molar-refractivity contribution in [2.24, 2.45) is 5.92 Å². The van der Waals surface area contributed by atoms with Gasteiger partial charge in [0.1, 0.15) is 17.7 Å². The van der Waals surface area contributed by atoms with Crippen molar-refractivity contribution in [2.45, 2.75) is 45.8 Å². The molecule has 2 heterocycles. The number of carbonyl (C=O) groups is 2. The van der Waals surface area contributed by atoms with Crippen molar-refractivity contribution in [2.75, 3.05) is 5.32 Å². The standard InChI is InChI=1S/C21H23F3N4O2/c1-11(2)8-18(20(29)25-12(3)14-5-4-13(22)9-15(14)23)28-10-17-16(27-21(28)30)6-7-19(24)26-17/h4-7,9,11-12,18H,8,10H2,1-3H3,(H,25,29)(H,27,30)/t12-,18-/m0/s1. The van der Waals surface area contributed by atoms with Crippen LogP contribution in [-0.4, -0.2) is 27.9 Å².